The number of ether oxygens (including phenoxy) is 1. The molecule has 0 radical (unpaired) electrons. The Hall–Kier alpha value is -1.13. The number of phenolic OH excluding ortho intramolecular Hbond substituents is 1. The molecule has 0 heterocycles. The minimum atomic E-state index is -0.572. The van der Waals surface area contributed by atoms with Gasteiger partial charge in [0.2, 0.25) is 0 Å². The molecule has 2 rings (SSSR count). The summed E-state index contributed by atoms with van der Waals surface area (Å²) >= 11 is 0. The first-order valence-electron chi connectivity index (χ1n) is 6.19. The van der Waals surface area contributed by atoms with Crippen molar-refractivity contribution in [2.24, 2.45) is 5.41 Å². The van der Waals surface area contributed by atoms with Gasteiger partial charge in [0, 0.05) is 30.7 Å². The predicted molar refractivity (Wildman–Crippen MR) is 67.9 cm³/mol. The number of hydrogen-bond donors (Lipinski definition) is 2. The van der Waals surface area contributed by atoms with Crippen LogP contribution in [-0.4, -0.2) is 24.4 Å². The Kier molecular flexibility index (Phi) is 3.59. The molecule has 0 saturated heterocycles. The molecule has 0 spiro atoms. The maximum absolute atomic E-state index is 13.2. The average Bonchev–Trinajstić information content (AvgIpc) is 2.33. The van der Waals surface area contributed by atoms with Crippen molar-refractivity contribution in [1.29, 1.82) is 0 Å². The maximum atomic E-state index is 13.2. The van der Waals surface area contributed by atoms with E-state index in [1.807, 2.05) is 0 Å². The van der Waals surface area contributed by atoms with Crippen molar-refractivity contribution in [3.63, 3.8) is 0 Å². The smallest absolute Gasteiger partial charge is 0.165 e. The van der Waals surface area contributed by atoms with Crippen LogP contribution in [0.15, 0.2) is 18.2 Å². The van der Waals surface area contributed by atoms with Gasteiger partial charge >= 0.3 is 0 Å². The van der Waals surface area contributed by atoms with Crippen molar-refractivity contribution in [3.05, 3.63) is 29.6 Å². The van der Waals surface area contributed by atoms with Gasteiger partial charge in [0.1, 0.15) is 0 Å². The normalized spacial score (nSPS) is 25.8. The summed E-state index contributed by atoms with van der Waals surface area (Å²) in [6, 6.07) is 4.92. The highest BCUT2D eigenvalue weighted by Gasteiger charge is 2.48. The number of benzene rings is 1. The number of para-hydroxylation sites is 1. The van der Waals surface area contributed by atoms with Gasteiger partial charge in [-0.1, -0.05) is 26.0 Å². The highest BCUT2D eigenvalue weighted by Crippen LogP contribution is 2.42. The summed E-state index contributed by atoms with van der Waals surface area (Å²) in [6.45, 7) is 4.76. The van der Waals surface area contributed by atoms with Crippen LogP contribution in [0.25, 0.3) is 0 Å². The van der Waals surface area contributed by atoms with Gasteiger partial charge in [-0.15, -0.1) is 0 Å². The van der Waals surface area contributed by atoms with Gasteiger partial charge in [-0.3, -0.25) is 0 Å². The van der Waals surface area contributed by atoms with Gasteiger partial charge in [-0.05, 0) is 12.5 Å². The Morgan fingerprint density at radius 2 is 2.22 bits per heavy atom. The van der Waals surface area contributed by atoms with Crippen molar-refractivity contribution in [1.82, 2.24) is 5.32 Å². The number of nitrogens with one attached hydrogen (secondary N) is 1. The first-order chi connectivity index (χ1) is 8.46. The van der Waals surface area contributed by atoms with E-state index in [4.69, 9.17) is 4.74 Å². The molecule has 1 aromatic rings. The SMILES string of the molecule is COC1CC(NCc2cccc(F)c2O)C1(C)C. The zero-order valence-corrected chi connectivity index (χ0v) is 11.0. The molecule has 1 aliphatic carbocycles. The topological polar surface area (TPSA) is 41.5 Å². The number of rotatable bonds is 4. The van der Waals surface area contributed by atoms with Crippen molar-refractivity contribution in [2.75, 3.05) is 7.11 Å². The molecule has 0 aliphatic heterocycles. The fraction of sp³-hybridized carbons (Fsp3) is 0.571. The van der Waals surface area contributed by atoms with Crippen LogP contribution in [-0.2, 0) is 11.3 Å². The van der Waals surface area contributed by atoms with Crippen LogP contribution in [0.1, 0.15) is 25.8 Å². The van der Waals surface area contributed by atoms with E-state index in [0.29, 0.717) is 18.2 Å². The van der Waals surface area contributed by atoms with Crippen molar-refractivity contribution in [3.8, 4) is 5.75 Å². The number of halogens is 1. The third-order valence-electron chi connectivity index (χ3n) is 4.07. The second-order valence-corrected chi connectivity index (χ2v) is 5.46. The first-order valence-corrected chi connectivity index (χ1v) is 6.19. The summed E-state index contributed by atoms with van der Waals surface area (Å²) in [5.74, 6) is -0.831. The van der Waals surface area contributed by atoms with Gasteiger partial charge in [0.25, 0.3) is 0 Å². The Morgan fingerprint density at radius 3 is 2.83 bits per heavy atom. The van der Waals surface area contributed by atoms with Gasteiger partial charge < -0.3 is 15.2 Å². The van der Waals surface area contributed by atoms with E-state index in [-0.39, 0.29) is 17.3 Å². The van der Waals surface area contributed by atoms with Crippen LogP contribution >= 0.6 is 0 Å². The second kappa shape index (κ2) is 4.86. The zero-order valence-electron chi connectivity index (χ0n) is 11.0. The van der Waals surface area contributed by atoms with Gasteiger partial charge in [-0.25, -0.2) is 4.39 Å². The molecule has 0 bridgehead atoms. The molecule has 3 nitrogen and oxygen atoms in total. The van der Waals surface area contributed by atoms with E-state index in [1.165, 1.54) is 6.07 Å². The highest BCUT2D eigenvalue weighted by atomic mass is 19.1. The van der Waals surface area contributed by atoms with Gasteiger partial charge in [0.15, 0.2) is 11.6 Å². The maximum Gasteiger partial charge on any atom is 0.165 e. The summed E-state index contributed by atoms with van der Waals surface area (Å²) in [7, 11) is 1.72. The van der Waals surface area contributed by atoms with E-state index < -0.39 is 5.82 Å². The fourth-order valence-electron chi connectivity index (χ4n) is 2.57. The lowest BCUT2D eigenvalue weighted by molar-refractivity contribution is -0.0979. The monoisotopic (exact) mass is 253 g/mol. The summed E-state index contributed by atoms with van der Waals surface area (Å²) in [6.07, 6.45) is 1.20. The zero-order chi connectivity index (χ0) is 13.3. The molecule has 1 saturated carbocycles. The van der Waals surface area contributed by atoms with Crippen molar-refractivity contribution < 1.29 is 14.2 Å². The van der Waals surface area contributed by atoms with Crippen LogP contribution < -0.4 is 5.32 Å². The summed E-state index contributed by atoms with van der Waals surface area (Å²) in [4.78, 5) is 0. The third kappa shape index (κ3) is 2.22. The second-order valence-electron chi connectivity index (χ2n) is 5.46. The average molecular weight is 253 g/mol. The molecule has 0 aromatic heterocycles. The molecular weight excluding hydrogens is 233 g/mol. The van der Waals surface area contributed by atoms with E-state index in [2.05, 4.69) is 19.2 Å². The Bertz CT molecular complexity index is 434. The number of methoxy groups -OCH3 is 1. The van der Waals surface area contributed by atoms with Crippen molar-refractivity contribution >= 4 is 0 Å². The summed E-state index contributed by atoms with van der Waals surface area (Å²) in [5.41, 5.74) is 0.657. The molecule has 1 fully saturated rings. The highest BCUT2D eigenvalue weighted by molar-refractivity contribution is 5.33. The minimum absolute atomic E-state index is 0.0672. The molecule has 18 heavy (non-hydrogen) atoms. The Balaban J connectivity index is 1.95. The largest absolute Gasteiger partial charge is 0.505 e. The molecule has 100 valence electrons. The van der Waals surface area contributed by atoms with Gasteiger partial charge in [0.05, 0.1) is 6.10 Å². The van der Waals surface area contributed by atoms with Crippen molar-refractivity contribution in [2.45, 2.75) is 39.0 Å². The van der Waals surface area contributed by atoms with Crippen LogP contribution in [0.2, 0.25) is 0 Å². The summed E-state index contributed by atoms with van der Waals surface area (Å²) in [5, 5.41) is 12.9. The molecule has 2 N–H and O–H groups in total. The minimum Gasteiger partial charge on any atom is -0.505 e. The lowest BCUT2D eigenvalue weighted by Gasteiger charge is -2.51. The number of aromatic hydroxyl groups is 1. The predicted octanol–water partition coefficient (Wildman–Crippen LogP) is 2.43. The fourth-order valence-corrected chi connectivity index (χ4v) is 2.57. The first kappa shape index (κ1) is 13.3. The van der Waals surface area contributed by atoms with Crippen LogP contribution in [0.5, 0.6) is 5.75 Å². The third-order valence-corrected chi connectivity index (χ3v) is 4.07. The molecule has 2 atom stereocenters. The Morgan fingerprint density at radius 1 is 1.50 bits per heavy atom. The molecule has 2 unspecified atom stereocenters. The Labute approximate surface area is 107 Å². The van der Waals surface area contributed by atoms with E-state index in [1.54, 1.807) is 19.2 Å². The molecule has 4 heteroatoms. The van der Waals surface area contributed by atoms with E-state index >= 15 is 0 Å². The summed E-state index contributed by atoms with van der Waals surface area (Å²) < 4.78 is 18.5. The van der Waals surface area contributed by atoms with Crippen LogP contribution in [0.4, 0.5) is 4.39 Å². The standard InChI is InChI=1S/C14H20FNO2/c1-14(2)11(7-12(14)18-3)16-8-9-5-4-6-10(15)13(9)17/h4-6,11-12,16-17H,7-8H2,1-3H3. The molecule has 0 amide bonds. The number of hydrogen-bond acceptors (Lipinski definition) is 3. The lowest BCUT2D eigenvalue weighted by atomic mass is 9.64. The molecule has 1 aromatic carbocycles. The van der Waals surface area contributed by atoms with E-state index in [9.17, 15) is 9.50 Å². The lowest BCUT2D eigenvalue weighted by Crippen LogP contribution is -2.60. The molecular formula is C14H20FNO2. The van der Waals surface area contributed by atoms with E-state index in [0.717, 1.165) is 6.42 Å². The number of phenols is 1. The quantitative estimate of drug-likeness (QED) is 0.866. The molecule has 1 aliphatic rings. The van der Waals surface area contributed by atoms with Crippen LogP contribution in [0, 0.1) is 11.2 Å². The van der Waals surface area contributed by atoms with Gasteiger partial charge in [-0.2, -0.15) is 0 Å². The van der Waals surface area contributed by atoms with Crippen LogP contribution in [0.3, 0.4) is 0 Å².